The first kappa shape index (κ1) is 21.5. The number of fused-ring (bicyclic) bond motifs is 2. The van der Waals surface area contributed by atoms with E-state index in [1.54, 1.807) is 0 Å². The van der Waals surface area contributed by atoms with Gasteiger partial charge in [0.05, 0.1) is 11.1 Å². The molecule has 0 saturated carbocycles. The van der Waals surface area contributed by atoms with Crippen molar-refractivity contribution in [1.29, 1.82) is 0 Å². The maximum absolute atomic E-state index is 13.3. The second kappa shape index (κ2) is 8.40. The highest BCUT2D eigenvalue weighted by Gasteiger charge is 2.35. The second-order valence-electron chi connectivity index (χ2n) is 9.33. The number of hydrogen-bond donors (Lipinski definition) is 0. The summed E-state index contributed by atoms with van der Waals surface area (Å²) in [6.07, 6.45) is 4.74. The van der Waals surface area contributed by atoms with Crippen molar-refractivity contribution in [2.75, 3.05) is 13.2 Å². The molecule has 2 amide bonds. The van der Waals surface area contributed by atoms with Crippen LogP contribution in [-0.2, 0) is 27.2 Å². The molecule has 0 bridgehead atoms. The lowest BCUT2D eigenvalue weighted by molar-refractivity contribution is -0.143. The maximum Gasteiger partial charge on any atom is 0.339 e. The first-order chi connectivity index (χ1) is 14.8. The van der Waals surface area contributed by atoms with Gasteiger partial charge in [-0.05, 0) is 48.6 Å². The van der Waals surface area contributed by atoms with Crippen LogP contribution in [0.25, 0.3) is 10.9 Å². The van der Waals surface area contributed by atoms with Crippen LogP contribution < -0.4 is 0 Å². The average Bonchev–Trinajstić information content (AvgIpc) is 3.21. The zero-order valence-electron chi connectivity index (χ0n) is 18.6. The van der Waals surface area contributed by atoms with E-state index in [2.05, 4.69) is 20.8 Å². The van der Waals surface area contributed by atoms with E-state index in [0.717, 1.165) is 47.8 Å². The molecule has 1 aliphatic heterocycles. The standard InChI is InChI=1S/C25H30N2O4/c1-4-25(2,3)16-11-12-20-18(14-16)23(17-8-5-6-9-19(17)26-20)24(30)31-15-22(29)27-13-7-10-21(27)28/h5-6,8-9,16H,4,7,10-15H2,1-3H3/t16-/m1/s1. The predicted molar refractivity (Wildman–Crippen MR) is 118 cm³/mol. The Bertz CT molecular complexity index is 1040. The highest BCUT2D eigenvalue weighted by Crippen LogP contribution is 2.41. The highest BCUT2D eigenvalue weighted by molar-refractivity contribution is 6.06. The number of para-hydroxylation sites is 1. The topological polar surface area (TPSA) is 76.6 Å². The number of carbonyl (C=O) groups excluding carboxylic acids is 3. The molecule has 0 unspecified atom stereocenters. The first-order valence-electron chi connectivity index (χ1n) is 11.2. The molecular formula is C25H30N2O4. The van der Waals surface area contributed by atoms with E-state index in [9.17, 15) is 14.4 Å². The molecule has 1 fully saturated rings. The molecule has 164 valence electrons. The summed E-state index contributed by atoms with van der Waals surface area (Å²) in [5, 5.41) is 0.755. The monoisotopic (exact) mass is 422 g/mol. The van der Waals surface area contributed by atoms with Crippen molar-refractivity contribution in [3.8, 4) is 0 Å². The molecule has 1 atom stereocenters. The fourth-order valence-electron chi connectivity index (χ4n) is 4.77. The molecule has 2 aliphatic rings. The number of rotatable bonds is 5. The van der Waals surface area contributed by atoms with Crippen molar-refractivity contribution < 1.29 is 19.1 Å². The molecule has 6 nitrogen and oxygen atoms in total. The smallest absolute Gasteiger partial charge is 0.339 e. The molecule has 1 aliphatic carbocycles. The molecule has 1 saturated heterocycles. The van der Waals surface area contributed by atoms with Gasteiger partial charge in [0.25, 0.3) is 5.91 Å². The SMILES string of the molecule is CCC(C)(C)[C@@H]1CCc2nc3ccccc3c(C(=O)OCC(=O)N3CCCC3=O)c2C1. The fraction of sp³-hybridized carbons (Fsp3) is 0.520. The Morgan fingerprint density at radius 1 is 1.23 bits per heavy atom. The molecule has 6 heteroatoms. The van der Waals surface area contributed by atoms with Gasteiger partial charge in [-0.1, -0.05) is 45.4 Å². The average molecular weight is 423 g/mol. The minimum atomic E-state index is -0.509. The Morgan fingerprint density at radius 2 is 2.00 bits per heavy atom. The number of imide groups is 1. The Kier molecular flexibility index (Phi) is 5.82. The van der Waals surface area contributed by atoms with E-state index in [1.165, 1.54) is 4.90 Å². The van der Waals surface area contributed by atoms with Gasteiger partial charge in [-0.25, -0.2) is 4.79 Å². The van der Waals surface area contributed by atoms with Gasteiger partial charge >= 0.3 is 5.97 Å². The Balaban J connectivity index is 1.66. The minimum absolute atomic E-state index is 0.163. The van der Waals surface area contributed by atoms with Gasteiger partial charge in [-0.2, -0.15) is 0 Å². The number of carbonyl (C=O) groups is 3. The van der Waals surface area contributed by atoms with Crippen molar-refractivity contribution in [3.63, 3.8) is 0 Å². The third-order valence-electron chi connectivity index (χ3n) is 7.18. The van der Waals surface area contributed by atoms with E-state index >= 15 is 0 Å². The van der Waals surface area contributed by atoms with Crippen LogP contribution in [0.3, 0.4) is 0 Å². The lowest BCUT2D eigenvalue weighted by Crippen LogP contribution is -2.35. The van der Waals surface area contributed by atoms with E-state index < -0.39 is 18.5 Å². The summed E-state index contributed by atoms with van der Waals surface area (Å²) < 4.78 is 5.46. The van der Waals surface area contributed by atoms with E-state index in [0.29, 0.717) is 30.9 Å². The van der Waals surface area contributed by atoms with Crippen molar-refractivity contribution in [3.05, 3.63) is 41.1 Å². The largest absolute Gasteiger partial charge is 0.452 e. The van der Waals surface area contributed by atoms with Gasteiger partial charge in [0, 0.05) is 24.0 Å². The van der Waals surface area contributed by atoms with Crippen LogP contribution in [0.2, 0.25) is 0 Å². The number of benzene rings is 1. The third-order valence-corrected chi connectivity index (χ3v) is 7.18. The molecule has 0 radical (unpaired) electrons. The van der Waals surface area contributed by atoms with Crippen LogP contribution in [-0.4, -0.2) is 40.8 Å². The molecule has 1 aromatic carbocycles. The highest BCUT2D eigenvalue weighted by atomic mass is 16.5. The van der Waals surface area contributed by atoms with Gasteiger partial charge in [0.15, 0.2) is 6.61 Å². The summed E-state index contributed by atoms with van der Waals surface area (Å²) in [5.74, 6) is -0.710. The molecule has 31 heavy (non-hydrogen) atoms. The molecule has 0 N–H and O–H groups in total. The van der Waals surface area contributed by atoms with Crippen LogP contribution in [0.4, 0.5) is 0 Å². The van der Waals surface area contributed by atoms with Crippen molar-refractivity contribution in [2.24, 2.45) is 11.3 Å². The second-order valence-corrected chi connectivity index (χ2v) is 9.33. The van der Waals surface area contributed by atoms with Gasteiger partial charge in [-0.3, -0.25) is 19.5 Å². The third kappa shape index (κ3) is 4.08. The maximum atomic E-state index is 13.3. The van der Waals surface area contributed by atoms with Crippen molar-refractivity contribution in [1.82, 2.24) is 9.88 Å². The number of aryl methyl sites for hydroxylation is 1. The zero-order valence-corrected chi connectivity index (χ0v) is 18.6. The summed E-state index contributed by atoms with van der Waals surface area (Å²) in [6.45, 7) is 6.74. The summed E-state index contributed by atoms with van der Waals surface area (Å²) in [4.78, 5) is 43.5. The number of aromatic nitrogens is 1. The van der Waals surface area contributed by atoms with E-state index in [-0.39, 0.29) is 11.3 Å². The molecule has 2 heterocycles. The number of pyridine rings is 1. The quantitative estimate of drug-likeness (QED) is 0.679. The molecular weight excluding hydrogens is 392 g/mol. The van der Waals surface area contributed by atoms with Gasteiger partial charge in [-0.15, -0.1) is 0 Å². The minimum Gasteiger partial charge on any atom is -0.452 e. The first-order valence-corrected chi connectivity index (χ1v) is 11.2. The van der Waals surface area contributed by atoms with Gasteiger partial charge in [0.2, 0.25) is 5.91 Å². The number of ether oxygens (including phenoxy) is 1. The Labute approximate surface area is 183 Å². The Morgan fingerprint density at radius 3 is 2.71 bits per heavy atom. The van der Waals surface area contributed by atoms with E-state index in [1.807, 2.05) is 24.3 Å². The molecule has 4 rings (SSSR count). The van der Waals surface area contributed by atoms with Crippen LogP contribution in [0.5, 0.6) is 0 Å². The normalized spacial score (nSPS) is 18.9. The van der Waals surface area contributed by atoms with Gasteiger partial charge < -0.3 is 4.74 Å². The lowest BCUT2D eigenvalue weighted by Gasteiger charge is -2.37. The van der Waals surface area contributed by atoms with Crippen LogP contribution in [0.15, 0.2) is 24.3 Å². The lowest BCUT2D eigenvalue weighted by atomic mass is 9.68. The van der Waals surface area contributed by atoms with Crippen LogP contribution >= 0.6 is 0 Å². The number of likely N-dealkylation sites (tertiary alicyclic amines) is 1. The summed E-state index contributed by atoms with van der Waals surface area (Å²) in [7, 11) is 0. The van der Waals surface area contributed by atoms with Crippen LogP contribution in [0, 0.1) is 11.3 Å². The molecule has 1 aromatic heterocycles. The predicted octanol–water partition coefficient (Wildman–Crippen LogP) is 4.08. The summed E-state index contributed by atoms with van der Waals surface area (Å²) >= 11 is 0. The zero-order chi connectivity index (χ0) is 22.2. The van der Waals surface area contributed by atoms with Crippen molar-refractivity contribution in [2.45, 2.75) is 59.3 Å². The Hall–Kier alpha value is -2.76. The number of amides is 2. The molecule has 0 spiro atoms. The number of nitrogens with zero attached hydrogens (tertiary/aromatic N) is 2. The van der Waals surface area contributed by atoms with Crippen LogP contribution in [0.1, 0.15) is 68.1 Å². The molecule has 2 aromatic rings. The number of esters is 1. The van der Waals surface area contributed by atoms with E-state index in [4.69, 9.17) is 9.72 Å². The number of hydrogen-bond acceptors (Lipinski definition) is 5. The fourth-order valence-corrected chi connectivity index (χ4v) is 4.77. The van der Waals surface area contributed by atoms with Gasteiger partial charge in [0.1, 0.15) is 0 Å². The summed E-state index contributed by atoms with van der Waals surface area (Å²) in [5.41, 5.74) is 3.36. The van der Waals surface area contributed by atoms with Crippen molar-refractivity contribution >= 4 is 28.7 Å². The summed E-state index contributed by atoms with van der Waals surface area (Å²) in [6, 6.07) is 7.59.